The molecule has 0 saturated heterocycles. The summed E-state index contributed by atoms with van der Waals surface area (Å²) in [5.41, 5.74) is 0.952. The summed E-state index contributed by atoms with van der Waals surface area (Å²) in [5, 5.41) is 5.23. The van der Waals surface area contributed by atoms with Crippen molar-refractivity contribution in [2.75, 3.05) is 12.4 Å². The Labute approximate surface area is 121 Å². The Morgan fingerprint density at radius 3 is 2.85 bits per heavy atom. The summed E-state index contributed by atoms with van der Waals surface area (Å²) < 4.78 is 5.18. The van der Waals surface area contributed by atoms with E-state index in [-0.39, 0.29) is 0 Å². The standard InChI is InChI=1S/C15H13N3OS/c1-19-11-7-8-16-15(10-11)18-14-6-2-4-12(17-14)13-5-3-9-20-13/h2-10H,1H3,(H,16,17,18). The summed E-state index contributed by atoms with van der Waals surface area (Å²) in [7, 11) is 1.63. The van der Waals surface area contributed by atoms with Gasteiger partial charge in [-0.05, 0) is 29.6 Å². The molecule has 3 rings (SSSR count). The maximum absolute atomic E-state index is 5.18. The molecule has 0 atom stereocenters. The quantitative estimate of drug-likeness (QED) is 0.787. The zero-order valence-electron chi connectivity index (χ0n) is 10.9. The molecule has 0 spiro atoms. The van der Waals surface area contributed by atoms with Crippen LogP contribution in [0.15, 0.2) is 54.0 Å². The molecule has 4 nitrogen and oxygen atoms in total. The van der Waals surface area contributed by atoms with Gasteiger partial charge in [0.25, 0.3) is 0 Å². The van der Waals surface area contributed by atoms with Gasteiger partial charge in [0, 0.05) is 12.3 Å². The Morgan fingerprint density at radius 2 is 2.05 bits per heavy atom. The molecular formula is C15H13N3OS. The molecular weight excluding hydrogens is 270 g/mol. The Balaban J connectivity index is 1.85. The number of rotatable bonds is 4. The van der Waals surface area contributed by atoms with Gasteiger partial charge in [0.1, 0.15) is 17.4 Å². The first-order valence-corrected chi connectivity index (χ1v) is 7.01. The van der Waals surface area contributed by atoms with Gasteiger partial charge < -0.3 is 10.1 Å². The minimum absolute atomic E-state index is 0.708. The predicted molar refractivity (Wildman–Crippen MR) is 81.6 cm³/mol. The van der Waals surface area contributed by atoms with Gasteiger partial charge in [-0.1, -0.05) is 12.1 Å². The van der Waals surface area contributed by atoms with Gasteiger partial charge in [-0.15, -0.1) is 11.3 Å². The highest BCUT2D eigenvalue weighted by Gasteiger charge is 2.03. The third-order valence-corrected chi connectivity index (χ3v) is 3.64. The Kier molecular flexibility index (Phi) is 3.60. The SMILES string of the molecule is COc1ccnc(Nc2cccc(-c3cccs3)n2)c1. The van der Waals surface area contributed by atoms with Gasteiger partial charge in [0.2, 0.25) is 0 Å². The topological polar surface area (TPSA) is 47.0 Å². The Morgan fingerprint density at radius 1 is 1.10 bits per heavy atom. The summed E-state index contributed by atoms with van der Waals surface area (Å²) >= 11 is 1.67. The molecule has 0 fully saturated rings. The van der Waals surface area contributed by atoms with Gasteiger partial charge >= 0.3 is 0 Å². The van der Waals surface area contributed by atoms with E-state index in [9.17, 15) is 0 Å². The lowest BCUT2D eigenvalue weighted by Gasteiger charge is -2.07. The van der Waals surface area contributed by atoms with Gasteiger partial charge in [-0.2, -0.15) is 0 Å². The van der Waals surface area contributed by atoms with Gasteiger partial charge in [0.05, 0.1) is 17.7 Å². The van der Waals surface area contributed by atoms with Crippen LogP contribution in [0.2, 0.25) is 0 Å². The third-order valence-electron chi connectivity index (χ3n) is 2.75. The van der Waals surface area contributed by atoms with Gasteiger partial charge in [-0.3, -0.25) is 0 Å². The van der Waals surface area contributed by atoms with Crippen molar-refractivity contribution in [2.24, 2.45) is 0 Å². The van der Waals surface area contributed by atoms with Crippen molar-refractivity contribution < 1.29 is 4.74 Å². The van der Waals surface area contributed by atoms with Crippen LogP contribution >= 0.6 is 11.3 Å². The normalized spacial score (nSPS) is 10.2. The van der Waals surface area contributed by atoms with Crippen LogP contribution in [0, 0.1) is 0 Å². The van der Waals surface area contributed by atoms with E-state index < -0.39 is 0 Å². The molecule has 0 aromatic carbocycles. The average Bonchev–Trinajstić information content (AvgIpc) is 3.02. The van der Waals surface area contributed by atoms with Crippen LogP contribution in [0.25, 0.3) is 10.6 Å². The number of hydrogen-bond donors (Lipinski definition) is 1. The smallest absolute Gasteiger partial charge is 0.135 e. The molecule has 3 aromatic rings. The molecule has 0 amide bonds. The molecule has 0 saturated carbocycles. The highest BCUT2D eigenvalue weighted by atomic mass is 32.1. The van der Waals surface area contributed by atoms with Gasteiger partial charge in [0.15, 0.2) is 0 Å². The van der Waals surface area contributed by atoms with Crippen LogP contribution in [0.5, 0.6) is 5.75 Å². The van der Waals surface area contributed by atoms with Crippen molar-refractivity contribution in [1.29, 1.82) is 0 Å². The fraction of sp³-hybridized carbons (Fsp3) is 0.0667. The maximum atomic E-state index is 5.18. The monoisotopic (exact) mass is 283 g/mol. The van der Waals surface area contributed by atoms with Crippen LogP contribution in [0.1, 0.15) is 0 Å². The van der Waals surface area contributed by atoms with Crippen LogP contribution < -0.4 is 10.1 Å². The first-order valence-electron chi connectivity index (χ1n) is 6.13. The summed E-state index contributed by atoms with van der Waals surface area (Å²) in [6.45, 7) is 0. The first kappa shape index (κ1) is 12.6. The largest absolute Gasteiger partial charge is 0.497 e. The van der Waals surface area contributed by atoms with Crippen molar-refractivity contribution in [1.82, 2.24) is 9.97 Å². The summed E-state index contributed by atoms with van der Waals surface area (Å²) in [6.07, 6.45) is 1.70. The minimum atomic E-state index is 0.708. The molecule has 100 valence electrons. The van der Waals surface area contributed by atoms with E-state index >= 15 is 0 Å². The van der Waals surface area contributed by atoms with Crippen LogP contribution in [0.3, 0.4) is 0 Å². The predicted octanol–water partition coefficient (Wildman–Crippen LogP) is 3.96. The number of anilines is 2. The minimum Gasteiger partial charge on any atom is -0.497 e. The van der Waals surface area contributed by atoms with E-state index in [0.29, 0.717) is 5.82 Å². The number of nitrogens with one attached hydrogen (secondary N) is 1. The second-order valence-corrected chi connectivity index (χ2v) is 5.04. The third kappa shape index (κ3) is 2.78. The van der Waals surface area contributed by atoms with Crippen molar-refractivity contribution in [3.63, 3.8) is 0 Å². The second kappa shape index (κ2) is 5.71. The summed E-state index contributed by atoms with van der Waals surface area (Å²) in [4.78, 5) is 9.98. The first-order chi connectivity index (χ1) is 9.85. The zero-order valence-corrected chi connectivity index (χ0v) is 11.7. The zero-order chi connectivity index (χ0) is 13.8. The number of pyridine rings is 2. The van der Waals surface area contributed by atoms with Crippen LogP contribution in [-0.4, -0.2) is 17.1 Å². The molecule has 0 unspecified atom stereocenters. The summed E-state index contributed by atoms with van der Waals surface area (Å²) in [6, 6.07) is 13.6. The lowest BCUT2D eigenvalue weighted by Crippen LogP contribution is -1.97. The number of hydrogen-bond acceptors (Lipinski definition) is 5. The molecule has 0 aliphatic carbocycles. The lowest BCUT2D eigenvalue weighted by atomic mass is 10.3. The van der Waals surface area contributed by atoms with Crippen LogP contribution in [0.4, 0.5) is 11.6 Å². The Bertz CT molecular complexity index is 698. The van der Waals surface area contributed by atoms with E-state index in [2.05, 4.69) is 21.4 Å². The molecule has 3 heterocycles. The molecule has 3 aromatic heterocycles. The molecule has 0 aliphatic rings. The maximum Gasteiger partial charge on any atom is 0.135 e. The van der Waals surface area contributed by atoms with E-state index in [1.165, 1.54) is 0 Å². The lowest BCUT2D eigenvalue weighted by molar-refractivity contribution is 0.414. The fourth-order valence-corrected chi connectivity index (χ4v) is 2.50. The molecule has 20 heavy (non-hydrogen) atoms. The summed E-state index contributed by atoms with van der Waals surface area (Å²) in [5.74, 6) is 2.23. The van der Waals surface area contributed by atoms with Crippen molar-refractivity contribution in [3.8, 4) is 16.3 Å². The molecule has 0 radical (unpaired) electrons. The van der Waals surface area contributed by atoms with Gasteiger partial charge in [-0.25, -0.2) is 9.97 Å². The molecule has 5 heteroatoms. The highest BCUT2D eigenvalue weighted by Crippen LogP contribution is 2.25. The molecule has 0 bridgehead atoms. The number of methoxy groups -OCH3 is 1. The van der Waals surface area contributed by atoms with E-state index in [1.807, 2.05) is 35.7 Å². The van der Waals surface area contributed by atoms with Crippen molar-refractivity contribution in [3.05, 3.63) is 54.0 Å². The fourth-order valence-electron chi connectivity index (χ4n) is 1.80. The molecule has 1 N–H and O–H groups in total. The number of thiophene rings is 1. The molecule has 0 aliphatic heterocycles. The number of aromatic nitrogens is 2. The average molecular weight is 283 g/mol. The van der Waals surface area contributed by atoms with E-state index in [1.54, 1.807) is 30.7 Å². The Hall–Kier alpha value is -2.40. The second-order valence-electron chi connectivity index (χ2n) is 4.09. The van der Waals surface area contributed by atoms with Crippen molar-refractivity contribution >= 4 is 23.0 Å². The number of ether oxygens (including phenoxy) is 1. The van der Waals surface area contributed by atoms with E-state index in [4.69, 9.17) is 4.74 Å². The van der Waals surface area contributed by atoms with E-state index in [0.717, 1.165) is 22.1 Å². The van der Waals surface area contributed by atoms with Crippen LogP contribution in [-0.2, 0) is 0 Å². The highest BCUT2D eigenvalue weighted by molar-refractivity contribution is 7.13. The van der Waals surface area contributed by atoms with Crippen molar-refractivity contribution in [2.45, 2.75) is 0 Å². The number of nitrogens with zero attached hydrogens (tertiary/aromatic N) is 2.